The zero-order chi connectivity index (χ0) is 26.0. The van der Waals surface area contributed by atoms with Gasteiger partial charge in [0, 0.05) is 67.4 Å². The van der Waals surface area contributed by atoms with Gasteiger partial charge in [-0.15, -0.1) is 0 Å². The fourth-order valence-electron chi connectivity index (χ4n) is 6.77. The molecule has 0 unspecified atom stereocenters. The maximum Gasteiger partial charge on any atom is 0.245 e. The molecule has 7 rings (SSSR count). The van der Waals surface area contributed by atoms with Crippen LogP contribution in [0.5, 0.6) is 0 Å². The molecule has 0 radical (unpaired) electrons. The number of H-pyrrole nitrogens is 1. The first-order chi connectivity index (χ1) is 18.5. The lowest BCUT2D eigenvalue weighted by molar-refractivity contribution is -0.136. The first-order valence-corrected chi connectivity index (χ1v) is 13.3. The maximum absolute atomic E-state index is 12.1. The molecular formula is C29H30N8O. The van der Waals surface area contributed by atoms with E-state index in [0.717, 1.165) is 90.4 Å². The molecule has 0 bridgehead atoms. The van der Waals surface area contributed by atoms with Crippen molar-refractivity contribution in [3.8, 4) is 17.2 Å². The summed E-state index contributed by atoms with van der Waals surface area (Å²) in [6, 6.07) is 6.69. The predicted octanol–water partition coefficient (Wildman–Crippen LogP) is 3.88. The zero-order valence-corrected chi connectivity index (χ0v) is 21.6. The number of benzene rings is 1. The van der Waals surface area contributed by atoms with Gasteiger partial charge in [-0.25, -0.2) is 4.98 Å². The molecule has 0 atom stereocenters. The molecule has 4 aromatic rings. The van der Waals surface area contributed by atoms with Crippen molar-refractivity contribution in [1.29, 1.82) is 5.26 Å². The van der Waals surface area contributed by atoms with E-state index in [2.05, 4.69) is 56.2 Å². The van der Waals surface area contributed by atoms with Crippen molar-refractivity contribution in [1.82, 2.24) is 24.5 Å². The number of hydrogen-bond donors (Lipinski definition) is 1. The topological polar surface area (TPSA) is 96.6 Å². The molecule has 3 aromatic heterocycles. The molecule has 0 saturated carbocycles. The number of aryl methyl sites for hydroxylation is 1. The number of nitrogens with zero attached hydrogens (tertiary/aromatic N) is 7. The molecule has 3 fully saturated rings. The number of pyridine rings is 1. The van der Waals surface area contributed by atoms with Crippen molar-refractivity contribution < 1.29 is 4.79 Å². The van der Waals surface area contributed by atoms with E-state index in [1.54, 1.807) is 0 Å². The number of carbonyl (C=O) groups excluding carboxylic acids is 1. The standard InChI is InChI=1S/C29H30N8O/c1-3-25(38)36-17-29(18-36)8-11-35(16-29)23-15-37-24(34-9-4-5-10-34)14-31-28(37)27(20(23)12-30)26-19(2)6-7-22-21(26)13-32-33-22/h3,6-7,13-15H,1,4-5,8-11,16-18H2,2H3,(H,32,33). The van der Waals surface area contributed by atoms with E-state index in [1.165, 1.54) is 18.9 Å². The summed E-state index contributed by atoms with van der Waals surface area (Å²) in [4.78, 5) is 23.6. The largest absolute Gasteiger partial charge is 0.369 e. The number of imidazole rings is 1. The highest BCUT2D eigenvalue weighted by Crippen LogP contribution is 2.45. The summed E-state index contributed by atoms with van der Waals surface area (Å²) in [5.74, 6) is 1.06. The minimum atomic E-state index is -0.00662. The fourth-order valence-corrected chi connectivity index (χ4v) is 6.77. The van der Waals surface area contributed by atoms with Crippen LogP contribution in [-0.2, 0) is 4.79 Å². The van der Waals surface area contributed by atoms with E-state index in [4.69, 9.17) is 4.98 Å². The number of anilines is 2. The number of nitrogens with one attached hydrogen (secondary N) is 1. The van der Waals surface area contributed by atoms with Crippen LogP contribution < -0.4 is 9.80 Å². The SMILES string of the molecule is C=CC(=O)N1CC2(CCN(c3cn4c(N5CCCC5)cnc4c(-c4c(C)ccc5[nH]ncc45)c3C#N)C2)C1. The molecule has 192 valence electrons. The van der Waals surface area contributed by atoms with Crippen LogP contribution in [0.2, 0.25) is 0 Å². The van der Waals surface area contributed by atoms with Crippen LogP contribution >= 0.6 is 0 Å². The molecule has 1 spiro atoms. The van der Waals surface area contributed by atoms with E-state index >= 15 is 0 Å². The lowest BCUT2D eigenvalue weighted by Crippen LogP contribution is -2.59. The number of amides is 1. The van der Waals surface area contributed by atoms with Gasteiger partial charge in [-0.2, -0.15) is 10.4 Å². The smallest absolute Gasteiger partial charge is 0.245 e. The first kappa shape index (κ1) is 22.8. The van der Waals surface area contributed by atoms with Crippen LogP contribution in [0.25, 0.3) is 27.7 Å². The van der Waals surface area contributed by atoms with Crippen molar-refractivity contribution >= 4 is 34.0 Å². The minimum absolute atomic E-state index is 0.00662. The number of nitriles is 1. The average Bonchev–Trinajstić information content (AvgIpc) is 3.71. The quantitative estimate of drug-likeness (QED) is 0.422. The van der Waals surface area contributed by atoms with Crippen LogP contribution in [0.4, 0.5) is 11.5 Å². The second-order valence-electron chi connectivity index (χ2n) is 11.0. The third-order valence-electron chi connectivity index (χ3n) is 8.70. The molecule has 6 heterocycles. The van der Waals surface area contributed by atoms with Gasteiger partial charge in [0.1, 0.15) is 17.5 Å². The Morgan fingerprint density at radius 3 is 2.71 bits per heavy atom. The molecule has 1 amide bonds. The van der Waals surface area contributed by atoms with Gasteiger partial charge in [0.05, 0.1) is 29.2 Å². The fraction of sp³-hybridized carbons (Fsp3) is 0.379. The summed E-state index contributed by atoms with van der Waals surface area (Å²) in [6.45, 7) is 10.9. The number of likely N-dealkylation sites (tertiary alicyclic amines) is 1. The van der Waals surface area contributed by atoms with Gasteiger partial charge in [0.25, 0.3) is 0 Å². The summed E-state index contributed by atoms with van der Waals surface area (Å²) in [6.07, 6.45) is 10.6. The first-order valence-electron chi connectivity index (χ1n) is 13.3. The normalized spacial score (nSPS) is 18.5. The Hall–Kier alpha value is -4.32. The molecule has 3 aliphatic heterocycles. The number of aromatic nitrogens is 4. The van der Waals surface area contributed by atoms with Crippen molar-refractivity contribution in [3.05, 3.63) is 54.5 Å². The Labute approximate surface area is 221 Å². The van der Waals surface area contributed by atoms with Gasteiger partial charge in [0.15, 0.2) is 0 Å². The summed E-state index contributed by atoms with van der Waals surface area (Å²) >= 11 is 0. The maximum atomic E-state index is 12.1. The van der Waals surface area contributed by atoms with Crippen molar-refractivity contribution in [2.45, 2.75) is 26.2 Å². The Morgan fingerprint density at radius 1 is 1.13 bits per heavy atom. The van der Waals surface area contributed by atoms with Gasteiger partial charge in [-0.1, -0.05) is 12.6 Å². The van der Waals surface area contributed by atoms with Gasteiger partial charge >= 0.3 is 0 Å². The van der Waals surface area contributed by atoms with E-state index in [0.29, 0.717) is 5.56 Å². The van der Waals surface area contributed by atoms with Crippen molar-refractivity contribution in [2.75, 3.05) is 49.1 Å². The number of carbonyl (C=O) groups is 1. The summed E-state index contributed by atoms with van der Waals surface area (Å²) < 4.78 is 2.19. The number of fused-ring (bicyclic) bond motifs is 2. The van der Waals surface area contributed by atoms with Crippen LogP contribution in [-0.4, -0.2) is 69.7 Å². The molecule has 1 aromatic carbocycles. The van der Waals surface area contributed by atoms with E-state index in [-0.39, 0.29) is 11.3 Å². The number of hydrogen-bond acceptors (Lipinski definition) is 6. The van der Waals surface area contributed by atoms with Gasteiger partial charge in [0.2, 0.25) is 5.91 Å². The Kier molecular flexibility index (Phi) is 5.02. The minimum Gasteiger partial charge on any atom is -0.369 e. The second kappa shape index (κ2) is 8.35. The Balaban J connectivity index is 1.41. The zero-order valence-electron chi connectivity index (χ0n) is 21.6. The third kappa shape index (κ3) is 3.26. The van der Waals surface area contributed by atoms with Crippen LogP contribution in [0.3, 0.4) is 0 Å². The predicted molar refractivity (Wildman–Crippen MR) is 147 cm³/mol. The van der Waals surface area contributed by atoms with Crippen LogP contribution in [0.15, 0.2) is 43.4 Å². The van der Waals surface area contributed by atoms with Crippen LogP contribution in [0.1, 0.15) is 30.4 Å². The Bertz CT molecular complexity index is 1640. The number of rotatable bonds is 4. The van der Waals surface area contributed by atoms with Crippen molar-refractivity contribution in [2.24, 2.45) is 5.41 Å². The van der Waals surface area contributed by atoms with Gasteiger partial charge < -0.3 is 14.7 Å². The molecular weight excluding hydrogens is 476 g/mol. The summed E-state index contributed by atoms with van der Waals surface area (Å²) in [7, 11) is 0. The molecule has 3 aliphatic rings. The molecule has 38 heavy (non-hydrogen) atoms. The number of aromatic amines is 1. The lowest BCUT2D eigenvalue weighted by atomic mass is 9.79. The van der Waals surface area contributed by atoms with E-state index < -0.39 is 0 Å². The highest BCUT2D eigenvalue weighted by Gasteiger charge is 2.49. The molecule has 1 N–H and O–H groups in total. The molecule has 3 saturated heterocycles. The molecule has 9 nitrogen and oxygen atoms in total. The highest BCUT2D eigenvalue weighted by atomic mass is 16.2. The lowest BCUT2D eigenvalue weighted by Gasteiger charge is -2.47. The van der Waals surface area contributed by atoms with Gasteiger partial charge in [-0.3, -0.25) is 14.3 Å². The third-order valence-corrected chi connectivity index (χ3v) is 8.70. The second-order valence-corrected chi connectivity index (χ2v) is 11.0. The van der Waals surface area contributed by atoms with Gasteiger partial charge in [-0.05, 0) is 43.9 Å². The van der Waals surface area contributed by atoms with Crippen LogP contribution in [0, 0.1) is 23.7 Å². The average molecular weight is 507 g/mol. The monoisotopic (exact) mass is 506 g/mol. The molecule has 9 heteroatoms. The van der Waals surface area contributed by atoms with Crippen molar-refractivity contribution in [3.63, 3.8) is 0 Å². The summed E-state index contributed by atoms with van der Waals surface area (Å²) in [5.41, 5.74) is 6.30. The molecule has 0 aliphatic carbocycles. The Morgan fingerprint density at radius 2 is 1.95 bits per heavy atom. The summed E-state index contributed by atoms with van der Waals surface area (Å²) in [5, 5.41) is 19.0. The van der Waals surface area contributed by atoms with E-state index in [1.807, 2.05) is 23.4 Å². The van der Waals surface area contributed by atoms with E-state index in [9.17, 15) is 10.1 Å². The highest BCUT2D eigenvalue weighted by molar-refractivity contribution is 6.03.